The first-order chi connectivity index (χ1) is 6.15. The van der Waals surface area contributed by atoms with Crippen LogP contribution in [0, 0.1) is 11.8 Å². The van der Waals surface area contributed by atoms with Gasteiger partial charge in [0.2, 0.25) is 0 Å². The Morgan fingerprint density at radius 2 is 2.38 bits per heavy atom. The summed E-state index contributed by atoms with van der Waals surface area (Å²) in [4.78, 5) is 13.0. The molecule has 0 unspecified atom stereocenters. The Bertz CT molecular complexity index is 203. The summed E-state index contributed by atoms with van der Waals surface area (Å²) < 4.78 is 0. The van der Waals surface area contributed by atoms with E-state index in [1.54, 1.807) is 0 Å². The maximum Gasteiger partial charge on any atom is 0.308 e. The molecule has 3 nitrogen and oxygen atoms in total. The van der Waals surface area contributed by atoms with Crippen molar-refractivity contribution in [3.8, 4) is 0 Å². The normalized spacial score (nSPS) is 29.0. The average molecular weight is 183 g/mol. The Hall–Kier alpha value is -0.830. The summed E-state index contributed by atoms with van der Waals surface area (Å²) in [5, 5.41) is 8.88. The smallest absolute Gasteiger partial charge is 0.308 e. The highest BCUT2D eigenvalue weighted by atomic mass is 16.4. The SMILES string of the molecule is C=CCCN1C[C@@H](C)[C@H](C(=O)O)C1. The number of likely N-dealkylation sites (tertiary alicyclic amines) is 1. The van der Waals surface area contributed by atoms with Gasteiger partial charge in [-0.3, -0.25) is 4.79 Å². The number of carbonyl (C=O) groups is 1. The third-order valence-corrected chi connectivity index (χ3v) is 2.65. The number of rotatable bonds is 4. The van der Waals surface area contributed by atoms with Crippen LogP contribution in [0.25, 0.3) is 0 Å². The van der Waals surface area contributed by atoms with Crippen molar-refractivity contribution in [2.45, 2.75) is 13.3 Å². The van der Waals surface area contributed by atoms with E-state index in [0.717, 1.165) is 19.5 Å². The molecule has 74 valence electrons. The Morgan fingerprint density at radius 1 is 1.69 bits per heavy atom. The molecule has 0 radical (unpaired) electrons. The van der Waals surface area contributed by atoms with Gasteiger partial charge in [-0.25, -0.2) is 0 Å². The van der Waals surface area contributed by atoms with Crippen LogP contribution in [0.1, 0.15) is 13.3 Å². The van der Waals surface area contributed by atoms with Crippen LogP contribution in [0.2, 0.25) is 0 Å². The predicted molar refractivity (Wildman–Crippen MR) is 51.5 cm³/mol. The molecule has 0 aromatic rings. The maximum atomic E-state index is 10.8. The van der Waals surface area contributed by atoms with Crippen molar-refractivity contribution in [1.82, 2.24) is 4.90 Å². The highest BCUT2D eigenvalue weighted by molar-refractivity contribution is 5.71. The first-order valence-electron chi connectivity index (χ1n) is 4.71. The van der Waals surface area contributed by atoms with Gasteiger partial charge in [-0.1, -0.05) is 13.0 Å². The van der Waals surface area contributed by atoms with Crippen molar-refractivity contribution in [3.63, 3.8) is 0 Å². The molecule has 1 heterocycles. The lowest BCUT2D eigenvalue weighted by atomic mass is 9.99. The van der Waals surface area contributed by atoms with Gasteiger partial charge in [0.25, 0.3) is 0 Å². The highest BCUT2D eigenvalue weighted by Gasteiger charge is 2.33. The lowest BCUT2D eigenvalue weighted by Gasteiger charge is -2.12. The molecule has 0 aliphatic carbocycles. The molecule has 1 aliphatic rings. The Labute approximate surface area is 79.0 Å². The molecule has 2 atom stereocenters. The van der Waals surface area contributed by atoms with Crippen molar-refractivity contribution in [2.24, 2.45) is 11.8 Å². The summed E-state index contributed by atoms with van der Waals surface area (Å²) >= 11 is 0. The molecular formula is C10H17NO2. The van der Waals surface area contributed by atoms with Crippen LogP contribution in [0.5, 0.6) is 0 Å². The second kappa shape index (κ2) is 4.42. The van der Waals surface area contributed by atoms with Crippen molar-refractivity contribution in [3.05, 3.63) is 12.7 Å². The molecule has 0 amide bonds. The minimum atomic E-state index is -0.659. The molecule has 3 heteroatoms. The first-order valence-corrected chi connectivity index (χ1v) is 4.71. The molecule has 0 spiro atoms. The van der Waals surface area contributed by atoms with E-state index in [-0.39, 0.29) is 11.8 Å². The minimum absolute atomic E-state index is 0.176. The van der Waals surface area contributed by atoms with Crippen LogP contribution in [0.3, 0.4) is 0 Å². The lowest BCUT2D eigenvalue weighted by Crippen LogP contribution is -2.24. The second-order valence-electron chi connectivity index (χ2n) is 3.76. The third-order valence-electron chi connectivity index (χ3n) is 2.65. The number of hydrogen-bond acceptors (Lipinski definition) is 2. The fourth-order valence-electron chi connectivity index (χ4n) is 1.85. The van der Waals surface area contributed by atoms with Crippen molar-refractivity contribution in [1.29, 1.82) is 0 Å². The molecule has 1 rings (SSSR count). The molecule has 0 aromatic carbocycles. The Kier molecular flexibility index (Phi) is 3.48. The van der Waals surface area contributed by atoms with E-state index in [0.29, 0.717) is 6.54 Å². The monoisotopic (exact) mass is 183 g/mol. The topological polar surface area (TPSA) is 40.5 Å². The van der Waals surface area contributed by atoms with Crippen LogP contribution >= 0.6 is 0 Å². The number of aliphatic carboxylic acids is 1. The van der Waals surface area contributed by atoms with E-state index in [4.69, 9.17) is 5.11 Å². The highest BCUT2D eigenvalue weighted by Crippen LogP contribution is 2.22. The molecule has 1 N–H and O–H groups in total. The minimum Gasteiger partial charge on any atom is -0.481 e. The van der Waals surface area contributed by atoms with Crippen molar-refractivity contribution in [2.75, 3.05) is 19.6 Å². The first kappa shape index (κ1) is 10.3. The molecule has 13 heavy (non-hydrogen) atoms. The van der Waals surface area contributed by atoms with Gasteiger partial charge >= 0.3 is 5.97 Å². The maximum absolute atomic E-state index is 10.8. The fraction of sp³-hybridized carbons (Fsp3) is 0.700. The van der Waals surface area contributed by atoms with Gasteiger partial charge in [-0.15, -0.1) is 6.58 Å². The van der Waals surface area contributed by atoms with E-state index in [1.807, 2.05) is 13.0 Å². The Balaban J connectivity index is 2.40. The lowest BCUT2D eigenvalue weighted by molar-refractivity contribution is -0.142. The molecule has 1 fully saturated rings. The molecule has 1 aliphatic heterocycles. The van der Waals surface area contributed by atoms with E-state index >= 15 is 0 Å². The predicted octanol–water partition coefficient (Wildman–Crippen LogP) is 1.22. The van der Waals surface area contributed by atoms with Crippen molar-refractivity contribution >= 4 is 5.97 Å². The van der Waals surface area contributed by atoms with E-state index < -0.39 is 5.97 Å². The van der Waals surface area contributed by atoms with Crippen LogP contribution in [-0.4, -0.2) is 35.6 Å². The van der Waals surface area contributed by atoms with Gasteiger partial charge < -0.3 is 10.0 Å². The summed E-state index contributed by atoms with van der Waals surface area (Å²) in [6.45, 7) is 8.21. The zero-order valence-electron chi connectivity index (χ0n) is 8.07. The van der Waals surface area contributed by atoms with E-state index in [1.165, 1.54) is 0 Å². The zero-order valence-corrected chi connectivity index (χ0v) is 8.07. The van der Waals surface area contributed by atoms with Gasteiger partial charge in [0.05, 0.1) is 5.92 Å². The van der Waals surface area contributed by atoms with Crippen molar-refractivity contribution < 1.29 is 9.90 Å². The summed E-state index contributed by atoms with van der Waals surface area (Å²) in [5.41, 5.74) is 0. The van der Waals surface area contributed by atoms with Crippen LogP contribution < -0.4 is 0 Å². The summed E-state index contributed by atoms with van der Waals surface area (Å²) in [6, 6.07) is 0. The Morgan fingerprint density at radius 3 is 2.85 bits per heavy atom. The number of hydrogen-bond donors (Lipinski definition) is 1. The van der Waals surface area contributed by atoms with Gasteiger partial charge in [-0.05, 0) is 12.3 Å². The third kappa shape index (κ3) is 2.56. The van der Waals surface area contributed by atoms with Crippen LogP contribution in [-0.2, 0) is 4.79 Å². The van der Waals surface area contributed by atoms with Gasteiger partial charge in [0, 0.05) is 19.6 Å². The number of carboxylic acid groups (broad SMARTS) is 1. The number of nitrogens with zero attached hydrogens (tertiary/aromatic N) is 1. The van der Waals surface area contributed by atoms with Gasteiger partial charge in [-0.2, -0.15) is 0 Å². The second-order valence-corrected chi connectivity index (χ2v) is 3.76. The molecule has 1 saturated heterocycles. The standard InChI is InChI=1S/C10H17NO2/c1-3-4-5-11-6-8(2)9(7-11)10(12)13/h3,8-9H,1,4-7H2,2H3,(H,12,13)/t8-,9-/m1/s1. The van der Waals surface area contributed by atoms with Crippen LogP contribution in [0.15, 0.2) is 12.7 Å². The summed E-state index contributed by atoms with van der Waals surface area (Å²) in [5.74, 6) is -0.555. The molecule has 0 bridgehead atoms. The largest absolute Gasteiger partial charge is 0.481 e. The van der Waals surface area contributed by atoms with E-state index in [2.05, 4.69) is 11.5 Å². The number of carboxylic acids is 1. The van der Waals surface area contributed by atoms with Crippen LogP contribution in [0.4, 0.5) is 0 Å². The zero-order chi connectivity index (χ0) is 9.84. The van der Waals surface area contributed by atoms with E-state index in [9.17, 15) is 4.79 Å². The molecule has 0 aromatic heterocycles. The fourth-order valence-corrected chi connectivity index (χ4v) is 1.85. The quantitative estimate of drug-likeness (QED) is 0.666. The summed E-state index contributed by atoms with van der Waals surface area (Å²) in [7, 11) is 0. The average Bonchev–Trinajstić information content (AvgIpc) is 2.43. The summed E-state index contributed by atoms with van der Waals surface area (Å²) in [6.07, 6.45) is 2.82. The van der Waals surface area contributed by atoms with Gasteiger partial charge in [0.1, 0.15) is 0 Å². The van der Waals surface area contributed by atoms with Gasteiger partial charge in [0.15, 0.2) is 0 Å². The molecule has 0 saturated carbocycles. The molecular weight excluding hydrogens is 166 g/mol.